The molecule has 0 amide bonds. The van der Waals surface area contributed by atoms with Crippen LogP contribution < -0.4 is 0 Å². The van der Waals surface area contributed by atoms with Gasteiger partial charge < -0.3 is 14.2 Å². The summed E-state index contributed by atoms with van der Waals surface area (Å²) in [6.45, 7) is 6.31. The van der Waals surface area contributed by atoms with Crippen molar-refractivity contribution in [1.29, 1.82) is 0 Å². The van der Waals surface area contributed by atoms with Crippen molar-refractivity contribution in [2.75, 3.05) is 13.2 Å². The van der Waals surface area contributed by atoms with E-state index >= 15 is 0 Å². The molecule has 0 saturated heterocycles. The molecular weight excluding hydrogens is 925 g/mol. The van der Waals surface area contributed by atoms with E-state index < -0.39 is 6.10 Å². The van der Waals surface area contributed by atoms with Crippen LogP contribution in [0.3, 0.4) is 0 Å². The van der Waals surface area contributed by atoms with Gasteiger partial charge in [0.05, 0.1) is 0 Å². The molecule has 0 bridgehead atoms. The first kappa shape index (κ1) is 70.3. The van der Waals surface area contributed by atoms with Crippen LogP contribution in [0.4, 0.5) is 0 Å². The summed E-state index contributed by atoms with van der Waals surface area (Å²) in [5.74, 6) is -1.05. The first-order valence-corrected chi connectivity index (χ1v) is 30.3. The van der Waals surface area contributed by atoms with Gasteiger partial charge in [-0.1, -0.05) is 250 Å². The number of unbranched alkanes of at least 4 members (excludes halogenated alkanes) is 18. The minimum Gasteiger partial charge on any atom is -0.462 e. The van der Waals surface area contributed by atoms with Crippen molar-refractivity contribution in [3.63, 3.8) is 0 Å². The number of hydrogen-bond donors (Lipinski definition) is 0. The van der Waals surface area contributed by atoms with Crippen LogP contribution in [0.1, 0.15) is 252 Å². The summed E-state index contributed by atoms with van der Waals surface area (Å²) in [4.78, 5) is 38.2. The lowest BCUT2D eigenvalue weighted by Gasteiger charge is -2.18. The minimum atomic E-state index is -0.835. The predicted molar refractivity (Wildman–Crippen MR) is 325 cm³/mol. The highest BCUT2D eigenvalue weighted by Crippen LogP contribution is 2.14. The molecule has 0 radical (unpaired) electrons. The molecule has 0 rings (SSSR count). The van der Waals surface area contributed by atoms with E-state index in [2.05, 4.69) is 161 Å². The Hall–Kier alpha value is -4.71. The fourth-order valence-electron chi connectivity index (χ4n) is 7.84. The van der Waals surface area contributed by atoms with Crippen LogP contribution in [-0.4, -0.2) is 37.2 Å². The molecule has 0 saturated carbocycles. The second-order valence-corrected chi connectivity index (χ2v) is 19.5. The first-order chi connectivity index (χ1) is 37.0. The van der Waals surface area contributed by atoms with E-state index in [0.29, 0.717) is 19.3 Å². The molecule has 0 unspecified atom stereocenters. The number of esters is 3. The Morgan fingerprint density at radius 1 is 0.280 bits per heavy atom. The molecule has 0 aliphatic heterocycles. The van der Waals surface area contributed by atoms with Gasteiger partial charge in [0.2, 0.25) is 0 Å². The molecule has 0 aliphatic carbocycles. The van der Waals surface area contributed by atoms with Gasteiger partial charge in [0.1, 0.15) is 13.2 Å². The van der Waals surface area contributed by atoms with Crippen LogP contribution in [0.5, 0.6) is 0 Å². The molecule has 0 aliphatic rings. The Morgan fingerprint density at radius 2 is 0.547 bits per heavy atom. The molecule has 0 fully saturated rings. The molecule has 422 valence electrons. The van der Waals surface area contributed by atoms with E-state index in [4.69, 9.17) is 14.2 Å². The van der Waals surface area contributed by atoms with Crippen LogP contribution in [0.2, 0.25) is 0 Å². The fourth-order valence-corrected chi connectivity index (χ4v) is 7.84. The van der Waals surface area contributed by atoms with E-state index in [1.54, 1.807) is 0 Å². The molecular formula is C69H110O6. The highest BCUT2D eigenvalue weighted by Gasteiger charge is 2.19. The molecule has 0 heterocycles. The second kappa shape index (κ2) is 61.8. The van der Waals surface area contributed by atoms with Crippen molar-refractivity contribution >= 4 is 17.9 Å². The van der Waals surface area contributed by atoms with Crippen LogP contribution in [0.25, 0.3) is 0 Å². The number of hydrogen-bond acceptors (Lipinski definition) is 6. The van der Waals surface area contributed by atoms with E-state index in [0.717, 1.165) is 109 Å². The smallest absolute Gasteiger partial charge is 0.306 e. The first-order valence-electron chi connectivity index (χ1n) is 30.3. The number of allylic oxidation sites excluding steroid dienone is 24. The van der Waals surface area contributed by atoms with Crippen molar-refractivity contribution in [3.05, 3.63) is 146 Å². The number of carbonyl (C=O) groups excluding carboxylic acids is 3. The highest BCUT2D eigenvalue weighted by molar-refractivity contribution is 5.71. The predicted octanol–water partition coefficient (Wildman–Crippen LogP) is 20.8. The van der Waals surface area contributed by atoms with E-state index in [1.807, 2.05) is 6.08 Å². The third kappa shape index (κ3) is 60.0. The summed E-state index contributed by atoms with van der Waals surface area (Å²) < 4.78 is 16.8. The molecule has 0 spiro atoms. The Morgan fingerprint density at radius 3 is 0.920 bits per heavy atom. The maximum atomic E-state index is 12.9. The van der Waals surface area contributed by atoms with Gasteiger partial charge in [-0.15, -0.1) is 0 Å². The topological polar surface area (TPSA) is 78.9 Å². The van der Waals surface area contributed by atoms with E-state index in [-0.39, 0.29) is 44.0 Å². The molecule has 0 aromatic carbocycles. The van der Waals surface area contributed by atoms with Gasteiger partial charge in [0.15, 0.2) is 6.10 Å². The average molecular weight is 1040 g/mol. The Bertz CT molecular complexity index is 1660. The standard InChI is InChI=1S/C69H110O6/c1-4-7-10-13-16-19-22-25-28-31-34-37-40-43-46-49-52-55-58-61-67(70)73-64-66(75-69(72)63-60-57-54-51-48-45-42-39-36-33-30-27-24-21-18-15-12-9-6-3)65-74-68(71)62-59-56-53-50-47-44-41-38-35-32-29-26-23-20-17-14-11-8-5-2/h7,9-10,12,16,18-19,21,25-30,34,36-37,39,43,45-46,48,52,55,66H,4-6,8,11,13-15,17,20,22-24,31-33,35,38,40-42,44,47,49-51,53-54,56-65H2,1-3H3/b10-7-,12-9-,19-16-,21-18-,28-25-,29-26-,30-27-,37-34-,39-36-,46-43-,48-45-,55-52-/t66-/m0/s1. The van der Waals surface area contributed by atoms with Crippen molar-refractivity contribution < 1.29 is 28.6 Å². The lowest BCUT2D eigenvalue weighted by molar-refractivity contribution is -0.166. The zero-order chi connectivity index (χ0) is 54.3. The third-order valence-electron chi connectivity index (χ3n) is 12.3. The Labute approximate surface area is 461 Å². The quantitative estimate of drug-likeness (QED) is 0.0261. The summed E-state index contributed by atoms with van der Waals surface area (Å²) in [5.41, 5.74) is 0. The van der Waals surface area contributed by atoms with Gasteiger partial charge in [-0.3, -0.25) is 14.4 Å². The van der Waals surface area contributed by atoms with E-state index in [9.17, 15) is 14.4 Å². The van der Waals surface area contributed by atoms with Crippen molar-refractivity contribution in [2.24, 2.45) is 0 Å². The van der Waals surface area contributed by atoms with Gasteiger partial charge in [0, 0.05) is 19.3 Å². The maximum Gasteiger partial charge on any atom is 0.306 e. The summed E-state index contributed by atoms with van der Waals surface area (Å²) in [6.07, 6.45) is 88.5. The van der Waals surface area contributed by atoms with Gasteiger partial charge in [-0.05, 0) is 128 Å². The SMILES string of the molecule is CC/C=C\C/C=C\C/C=C\C/C=C\C/C=C\C/C=C\CCC(=O)OC[C@@H](COC(=O)CCCCCCCCCCC/C=C\CCCCCCCC)OC(=O)CCCCC/C=C\C/C=C\C/C=C\C/C=C\C/C=C\CC. The van der Waals surface area contributed by atoms with E-state index in [1.165, 1.54) is 89.9 Å². The molecule has 0 aromatic rings. The van der Waals surface area contributed by atoms with Crippen LogP contribution in [0.15, 0.2) is 146 Å². The maximum absolute atomic E-state index is 12.9. The molecule has 0 N–H and O–H groups in total. The highest BCUT2D eigenvalue weighted by atomic mass is 16.6. The Balaban J connectivity index is 4.58. The lowest BCUT2D eigenvalue weighted by Crippen LogP contribution is -2.30. The lowest BCUT2D eigenvalue weighted by atomic mass is 10.1. The second-order valence-electron chi connectivity index (χ2n) is 19.5. The summed E-state index contributed by atoms with van der Waals surface area (Å²) >= 11 is 0. The van der Waals surface area contributed by atoms with Crippen LogP contribution in [0, 0.1) is 0 Å². The summed E-state index contributed by atoms with van der Waals surface area (Å²) in [7, 11) is 0. The monoisotopic (exact) mass is 1030 g/mol. The molecule has 75 heavy (non-hydrogen) atoms. The Kier molecular flexibility index (Phi) is 58.0. The van der Waals surface area contributed by atoms with Crippen LogP contribution >= 0.6 is 0 Å². The van der Waals surface area contributed by atoms with Crippen LogP contribution in [-0.2, 0) is 28.6 Å². The third-order valence-corrected chi connectivity index (χ3v) is 12.3. The van der Waals surface area contributed by atoms with Crippen molar-refractivity contribution in [1.82, 2.24) is 0 Å². The number of ether oxygens (including phenoxy) is 3. The molecule has 1 atom stereocenters. The average Bonchev–Trinajstić information content (AvgIpc) is 3.41. The normalized spacial score (nSPS) is 13.2. The summed E-state index contributed by atoms with van der Waals surface area (Å²) in [6, 6.07) is 0. The molecule has 6 heteroatoms. The minimum absolute atomic E-state index is 0.121. The van der Waals surface area contributed by atoms with Crippen molar-refractivity contribution in [3.8, 4) is 0 Å². The molecule has 6 nitrogen and oxygen atoms in total. The summed E-state index contributed by atoms with van der Waals surface area (Å²) in [5, 5.41) is 0. The zero-order valence-corrected chi connectivity index (χ0v) is 48.3. The largest absolute Gasteiger partial charge is 0.462 e. The number of carbonyl (C=O) groups is 3. The van der Waals surface area contributed by atoms with Gasteiger partial charge in [-0.25, -0.2) is 0 Å². The zero-order valence-electron chi connectivity index (χ0n) is 48.3. The van der Waals surface area contributed by atoms with Gasteiger partial charge in [-0.2, -0.15) is 0 Å². The van der Waals surface area contributed by atoms with Gasteiger partial charge in [0.25, 0.3) is 0 Å². The van der Waals surface area contributed by atoms with Crippen molar-refractivity contribution in [2.45, 2.75) is 258 Å². The number of rotatable bonds is 53. The van der Waals surface area contributed by atoms with Gasteiger partial charge >= 0.3 is 17.9 Å². The fraction of sp³-hybridized carbons (Fsp3) is 0.609. The molecule has 0 aromatic heterocycles.